The molecule has 2 saturated heterocycles. The monoisotopic (exact) mass is 244 g/mol. The highest BCUT2D eigenvalue weighted by Crippen LogP contribution is 2.35. The molecule has 98 valence electrons. The molecule has 5 heteroatoms. The largest absolute Gasteiger partial charge is 0.459 e. The highest BCUT2D eigenvalue weighted by molar-refractivity contribution is 5.74. The van der Waals surface area contributed by atoms with Crippen LogP contribution in [0.1, 0.15) is 33.1 Å². The number of aliphatic hydroxyl groups is 2. The van der Waals surface area contributed by atoms with E-state index in [0.717, 1.165) is 6.42 Å². The molecule has 0 aliphatic carbocycles. The zero-order valence-corrected chi connectivity index (χ0v) is 10.2. The topological polar surface area (TPSA) is 79.3 Å². The van der Waals surface area contributed by atoms with Crippen LogP contribution in [0.4, 0.5) is 0 Å². The number of epoxide rings is 1. The Morgan fingerprint density at radius 3 is 2.65 bits per heavy atom. The van der Waals surface area contributed by atoms with Crippen molar-refractivity contribution in [2.24, 2.45) is 5.92 Å². The van der Waals surface area contributed by atoms with E-state index >= 15 is 0 Å². The van der Waals surface area contributed by atoms with Crippen LogP contribution in [0.15, 0.2) is 0 Å². The van der Waals surface area contributed by atoms with Crippen LogP contribution < -0.4 is 0 Å². The number of aliphatic hydroxyl groups excluding tert-OH is 2. The van der Waals surface area contributed by atoms with Crippen LogP contribution in [0.3, 0.4) is 0 Å². The number of hydrogen-bond donors (Lipinski definition) is 2. The van der Waals surface area contributed by atoms with E-state index in [1.165, 1.54) is 0 Å². The molecular weight excluding hydrogens is 224 g/mol. The number of cyclic esters (lactones) is 1. The lowest BCUT2D eigenvalue weighted by Crippen LogP contribution is -2.34. The quantitative estimate of drug-likeness (QED) is 0.534. The number of carbonyl (C=O) groups excluding carboxylic acids is 1. The number of esters is 1. The van der Waals surface area contributed by atoms with E-state index < -0.39 is 18.3 Å². The number of carbonyl (C=O) groups is 1. The first-order chi connectivity index (χ1) is 8.04. The maximum absolute atomic E-state index is 11.2. The van der Waals surface area contributed by atoms with Gasteiger partial charge in [0, 0.05) is 6.42 Å². The minimum atomic E-state index is -0.819. The molecule has 2 aliphatic rings. The zero-order valence-electron chi connectivity index (χ0n) is 10.2. The van der Waals surface area contributed by atoms with E-state index in [2.05, 4.69) is 0 Å². The highest BCUT2D eigenvalue weighted by Gasteiger charge is 2.53. The Labute approximate surface area is 101 Å². The van der Waals surface area contributed by atoms with Gasteiger partial charge in [0.2, 0.25) is 0 Å². The van der Waals surface area contributed by atoms with Crippen molar-refractivity contribution < 1.29 is 24.5 Å². The first-order valence-corrected chi connectivity index (χ1v) is 6.26. The van der Waals surface area contributed by atoms with Gasteiger partial charge < -0.3 is 19.7 Å². The van der Waals surface area contributed by atoms with Gasteiger partial charge >= 0.3 is 5.97 Å². The van der Waals surface area contributed by atoms with Crippen LogP contribution in [-0.2, 0) is 14.3 Å². The van der Waals surface area contributed by atoms with Crippen LogP contribution in [0.25, 0.3) is 0 Å². The smallest absolute Gasteiger partial charge is 0.309 e. The van der Waals surface area contributed by atoms with Crippen LogP contribution in [0.2, 0.25) is 0 Å². The van der Waals surface area contributed by atoms with Crippen molar-refractivity contribution in [1.29, 1.82) is 0 Å². The van der Waals surface area contributed by atoms with Crippen molar-refractivity contribution in [3.63, 3.8) is 0 Å². The molecule has 2 heterocycles. The third kappa shape index (κ3) is 2.61. The Balaban J connectivity index is 1.83. The number of rotatable bonds is 5. The van der Waals surface area contributed by atoms with Gasteiger partial charge in [-0.3, -0.25) is 4.79 Å². The lowest BCUT2D eigenvalue weighted by atomic mass is 9.99. The molecule has 0 aromatic heterocycles. The molecular formula is C12H20O5. The van der Waals surface area contributed by atoms with Gasteiger partial charge in [-0.1, -0.05) is 20.3 Å². The van der Waals surface area contributed by atoms with Gasteiger partial charge in [0.15, 0.2) is 0 Å². The first-order valence-electron chi connectivity index (χ1n) is 6.26. The molecule has 5 nitrogen and oxygen atoms in total. The van der Waals surface area contributed by atoms with Crippen molar-refractivity contribution in [1.82, 2.24) is 0 Å². The third-order valence-corrected chi connectivity index (χ3v) is 3.50. The van der Waals surface area contributed by atoms with Gasteiger partial charge in [0.05, 0.1) is 12.0 Å². The van der Waals surface area contributed by atoms with Crippen molar-refractivity contribution in [2.75, 3.05) is 0 Å². The predicted molar refractivity (Wildman–Crippen MR) is 59.2 cm³/mol. The summed E-state index contributed by atoms with van der Waals surface area (Å²) in [6.45, 7) is 3.77. The van der Waals surface area contributed by atoms with Gasteiger partial charge in [-0.05, 0) is 6.42 Å². The fraction of sp³-hybridized carbons (Fsp3) is 0.917. The second-order valence-electron chi connectivity index (χ2n) is 5.02. The minimum Gasteiger partial charge on any atom is -0.459 e. The van der Waals surface area contributed by atoms with E-state index in [1.54, 1.807) is 6.92 Å². The summed E-state index contributed by atoms with van der Waals surface area (Å²) >= 11 is 0. The molecule has 0 radical (unpaired) electrons. The number of ether oxygens (including phenoxy) is 2. The molecule has 0 aromatic rings. The van der Waals surface area contributed by atoms with E-state index in [-0.39, 0.29) is 24.1 Å². The molecule has 0 amide bonds. The van der Waals surface area contributed by atoms with E-state index in [9.17, 15) is 15.0 Å². The third-order valence-electron chi connectivity index (χ3n) is 3.50. The normalized spacial score (nSPS) is 39.9. The Hall–Kier alpha value is -0.650. The summed E-state index contributed by atoms with van der Waals surface area (Å²) in [6, 6.07) is 0. The van der Waals surface area contributed by atoms with E-state index in [0.29, 0.717) is 12.8 Å². The molecule has 17 heavy (non-hydrogen) atoms. The zero-order chi connectivity index (χ0) is 12.6. The van der Waals surface area contributed by atoms with Gasteiger partial charge in [-0.25, -0.2) is 0 Å². The standard InChI is InChI=1S/C12H20O5/c1-3-4-7(13)10-11(17-10)9(14)8-5-6(2)12(15)16-8/h6-11,13-14H,3-5H2,1-2H3/t6-,7+,8-,9-,10-,11-/m0/s1. The second kappa shape index (κ2) is 4.92. The Morgan fingerprint density at radius 1 is 1.41 bits per heavy atom. The van der Waals surface area contributed by atoms with Crippen molar-refractivity contribution in [3.8, 4) is 0 Å². The van der Waals surface area contributed by atoms with Crippen LogP contribution >= 0.6 is 0 Å². The predicted octanol–water partition coefficient (Wildman–Crippen LogP) is 0.227. The Morgan fingerprint density at radius 2 is 2.12 bits per heavy atom. The summed E-state index contributed by atoms with van der Waals surface area (Å²) in [5.74, 6) is -0.423. The van der Waals surface area contributed by atoms with Crippen molar-refractivity contribution >= 4 is 5.97 Å². The Bertz CT molecular complexity index is 293. The van der Waals surface area contributed by atoms with Gasteiger partial charge in [-0.2, -0.15) is 0 Å². The molecule has 0 spiro atoms. The van der Waals surface area contributed by atoms with E-state index in [1.807, 2.05) is 6.92 Å². The molecule has 0 saturated carbocycles. The number of hydrogen-bond acceptors (Lipinski definition) is 5. The molecule has 0 aromatic carbocycles. The van der Waals surface area contributed by atoms with Gasteiger partial charge in [0.1, 0.15) is 24.4 Å². The minimum absolute atomic E-state index is 0.160. The lowest BCUT2D eigenvalue weighted by Gasteiger charge is -2.15. The van der Waals surface area contributed by atoms with Gasteiger partial charge in [-0.15, -0.1) is 0 Å². The molecule has 2 aliphatic heterocycles. The summed E-state index contributed by atoms with van der Waals surface area (Å²) in [6.07, 6.45) is -0.472. The summed E-state index contributed by atoms with van der Waals surface area (Å²) < 4.78 is 10.4. The SMILES string of the molecule is CCC[C@@H](O)[C@@H]1O[C@H]1[C@@H](O)[C@@H]1C[C@H](C)C(=O)O1. The summed E-state index contributed by atoms with van der Waals surface area (Å²) in [4.78, 5) is 11.2. The summed E-state index contributed by atoms with van der Waals surface area (Å²) in [5, 5.41) is 19.7. The summed E-state index contributed by atoms with van der Waals surface area (Å²) in [7, 11) is 0. The first kappa shape index (κ1) is 12.8. The molecule has 0 unspecified atom stereocenters. The maximum Gasteiger partial charge on any atom is 0.309 e. The van der Waals surface area contributed by atoms with Crippen LogP contribution in [0.5, 0.6) is 0 Å². The molecule has 2 rings (SSSR count). The van der Waals surface area contributed by atoms with Crippen LogP contribution in [0, 0.1) is 5.92 Å². The summed E-state index contributed by atoms with van der Waals surface area (Å²) in [5.41, 5.74) is 0. The Kier molecular flexibility index (Phi) is 3.70. The highest BCUT2D eigenvalue weighted by atomic mass is 16.6. The molecule has 6 atom stereocenters. The molecule has 0 bridgehead atoms. The van der Waals surface area contributed by atoms with E-state index in [4.69, 9.17) is 9.47 Å². The second-order valence-corrected chi connectivity index (χ2v) is 5.02. The van der Waals surface area contributed by atoms with Gasteiger partial charge in [0.25, 0.3) is 0 Å². The lowest BCUT2D eigenvalue weighted by molar-refractivity contribution is -0.147. The van der Waals surface area contributed by atoms with Crippen molar-refractivity contribution in [3.05, 3.63) is 0 Å². The van der Waals surface area contributed by atoms with Crippen LogP contribution in [-0.4, -0.2) is 46.7 Å². The fourth-order valence-electron chi connectivity index (χ4n) is 2.36. The fourth-order valence-corrected chi connectivity index (χ4v) is 2.36. The average Bonchev–Trinajstić information content (AvgIpc) is 3.01. The van der Waals surface area contributed by atoms with Crippen molar-refractivity contribution in [2.45, 2.75) is 63.6 Å². The molecule has 2 fully saturated rings. The maximum atomic E-state index is 11.2. The molecule has 2 N–H and O–H groups in total. The average molecular weight is 244 g/mol.